The van der Waals surface area contributed by atoms with E-state index in [1.807, 2.05) is 18.2 Å². The average molecular weight is 511 g/mol. The molecule has 6 heteroatoms. The number of para-hydroxylation sites is 2. The molecule has 1 saturated heterocycles. The average Bonchev–Trinajstić information content (AvgIpc) is 3.35. The Morgan fingerprint density at radius 3 is 2.61 bits per heavy atom. The van der Waals surface area contributed by atoms with Gasteiger partial charge in [-0.05, 0) is 67.3 Å². The van der Waals surface area contributed by atoms with Crippen LogP contribution < -0.4 is 9.64 Å². The van der Waals surface area contributed by atoms with Crippen LogP contribution in [0.5, 0.6) is 5.75 Å². The molecule has 3 aromatic carbocycles. The molecule has 0 atom stereocenters. The SMILES string of the molecule is O=C(O)c1[nH]c2c(-c3ccccc3N3CCOCC3)cccc2c1CCCOc1cccc2c1CCCC2. The molecular weight excluding hydrogens is 476 g/mol. The summed E-state index contributed by atoms with van der Waals surface area (Å²) in [4.78, 5) is 17.9. The van der Waals surface area contributed by atoms with E-state index in [4.69, 9.17) is 9.47 Å². The number of benzene rings is 3. The molecule has 0 amide bonds. The molecule has 2 N–H and O–H groups in total. The number of carbonyl (C=O) groups is 1. The first-order valence-electron chi connectivity index (χ1n) is 13.7. The summed E-state index contributed by atoms with van der Waals surface area (Å²) in [5, 5.41) is 11.0. The Kier molecular flexibility index (Phi) is 7.06. The predicted octanol–water partition coefficient (Wildman–Crippen LogP) is 6.26. The second kappa shape index (κ2) is 10.9. The fourth-order valence-electron chi connectivity index (χ4n) is 6.03. The van der Waals surface area contributed by atoms with Crippen molar-refractivity contribution in [2.75, 3.05) is 37.8 Å². The second-order valence-corrected chi connectivity index (χ2v) is 10.2. The number of aryl methyl sites for hydroxylation is 2. The molecule has 0 spiro atoms. The maximum Gasteiger partial charge on any atom is 0.352 e. The number of rotatable bonds is 8. The maximum atomic E-state index is 12.3. The van der Waals surface area contributed by atoms with E-state index in [0.29, 0.717) is 26.2 Å². The highest BCUT2D eigenvalue weighted by molar-refractivity contribution is 6.04. The van der Waals surface area contributed by atoms with Crippen molar-refractivity contribution in [1.29, 1.82) is 0 Å². The largest absolute Gasteiger partial charge is 0.493 e. The first kappa shape index (κ1) is 24.6. The highest BCUT2D eigenvalue weighted by atomic mass is 16.5. The lowest BCUT2D eigenvalue weighted by molar-refractivity contribution is 0.0690. The van der Waals surface area contributed by atoms with Gasteiger partial charge in [-0.15, -0.1) is 0 Å². The van der Waals surface area contributed by atoms with Crippen LogP contribution in [-0.2, 0) is 24.0 Å². The van der Waals surface area contributed by atoms with E-state index in [1.54, 1.807) is 0 Å². The summed E-state index contributed by atoms with van der Waals surface area (Å²) < 4.78 is 11.8. The van der Waals surface area contributed by atoms with Gasteiger partial charge in [-0.25, -0.2) is 4.79 Å². The van der Waals surface area contributed by atoms with Crippen LogP contribution in [0.1, 0.15) is 46.4 Å². The van der Waals surface area contributed by atoms with Gasteiger partial charge < -0.3 is 24.5 Å². The van der Waals surface area contributed by atoms with Crippen LogP contribution in [-0.4, -0.2) is 49.0 Å². The Bertz CT molecular complexity index is 1450. The number of anilines is 1. The molecule has 0 bridgehead atoms. The zero-order chi connectivity index (χ0) is 25.9. The minimum atomic E-state index is -0.929. The van der Waals surface area contributed by atoms with Crippen LogP contribution in [0, 0.1) is 0 Å². The summed E-state index contributed by atoms with van der Waals surface area (Å²) >= 11 is 0. The number of hydrogen-bond donors (Lipinski definition) is 2. The van der Waals surface area contributed by atoms with E-state index < -0.39 is 5.97 Å². The number of nitrogens with zero attached hydrogens (tertiary/aromatic N) is 1. The van der Waals surface area contributed by atoms with Crippen molar-refractivity contribution < 1.29 is 19.4 Å². The third-order valence-electron chi connectivity index (χ3n) is 7.88. The van der Waals surface area contributed by atoms with Gasteiger partial charge in [0.15, 0.2) is 0 Å². The summed E-state index contributed by atoms with van der Waals surface area (Å²) in [5.74, 6) is 0.0586. The summed E-state index contributed by atoms with van der Waals surface area (Å²) in [6.07, 6.45) is 6.03. The number of carboxylic acid groups (broad SMARTS) is 1. The second-order valence-electron chi connectivity index (χ2n) is 10.2. The van der Waals surface area contributed by atoms with E-state index in [-0.39, 0.29) is 5.69 Å². The number of aromatic carboxylic acids is 1. The van der Waals surface area contributed by atoms with Crippen molar-refractivity contribution in [1.82, 2.24) is 4.98 Å². The maximum absolute atomic E-state index is 12.3. The number of carboxylic acids is 1. The van der Waals surface area contributed by atoms with Crippen LogP contribution in [0.15, 0.2) is 60.7 Å². The number of morpholine rings is 1. The third-order valence-corrected chi connectivity index (χ3v) is 7.88. The Morgan fingerprint density at radius 1 is 0.947 bits per heavy atom. The number of aromatic nitrogens is 1. The quantitative estimate of drug-likeness (QED) is 0.274. The molecule has 1 aromatic heterocycles. The first-order chi connectivity index (χ1) is 18.7. The summed E-state index contributed by atoms with van der Waals surface area (Å²) in [6, 6.07) is 20.9. The van der Waals surface area contributed by atoms with Gasteiger partial charge in [0.2, 0.25) is 0 Å². The topological polar surface area (TPSA) is 74.8 Å². The minimum Gasteiger partial charge on any atom is -0.493 e. The molecule has 196 valence electrons. The Morgan fingerprint density at radius 2 is 1.74 bits per heavy atom. The van der Waals surface area contributed by atoms with Gasteiger partial charge in [0.25, 0.3) is 0 Å². The first-order valence-corrected chi connectivity index (χ1v) is 13.7. The van der Waals surface area contributed by atoms with Crippen molar-refractivity contribution in [3.8, 4) is 16.9 Å². The molecule has 38 heavy (non-hydrogen) atoms. The van der Waals surface area contributed by atoms with Crippen LogP contribution >= 0.6 is 0 Å². The number of H-pyrrole nitrogens is 1. The molecule has 0 saturated carbocycles. The van der Waals surface area contributed by atoms with Crippen molar-refractivity contribution in [2.45, 2.75) is 38.5 Å². The smallest absolute Gasteiger partial charge is 0.352 e. The number of aromatic amines is 1. The summed E-state index contributed by atoms with van der Waals surface area (Å²) in [5.41, 5.74) is 8.01. The number of nitrogens with one attached hydrogen (secondary N) is 1. The lowest BCUT2D eigenvalue weighted by Gasteiger charge is -2.30. The summed E-state index contributed by atoms with van der Waals surface area (Å²) in [7, 11) is 0. The lowest BCUT2D eigenvalue weighted by Crippen LogP contribution is -2.36. The molecule has 6 rings (SSSR count). The van der Waals surface area contributed by atoms with Gasteiger partial charge in [0.1, 0.15) is 11.4 Å². The molecule has 1 fully saturated rings. The van der Waals surface area contributed by atoms with Crippen molar-refractivity contribution >= 4 is 22.6 Å². The van der Waals surface area contributed by atoms with E-state index in [2.05, 4.69) is 52.3 Å². The monoisotopic (exact) mass is 510 g/mol. The molecule has 1 aliphatic heterocycles. The predicted molar refractivity (Wildman–Crippen MR) is 151 cm³/mol. The highest BCUT2D eigenvalue weighted by Gasteiger charge is 2.22. The standard InChI is InChI=1S/C32H34N2O4/c35-32(36)31-27(14-7-19-38-29-16-5-9-22-8-1-2-10-23(22)29)26-13-6-12-25(30(26)33-31)24-11-3-4-15-28(24)34-17-20-37-21-18-34/h3-6,9,11-13,15-16,33H,1-2,7-8,10,14,17-21H2,(H,35,36). The molecule has 0 unspecified atom stereocenters. The fourth-order valence-corrected chi connectivity index (χ4v) is 6.03. The van der Waals surface area contributed by atoms with E-state index in [1.165, 1.54) is 24.0 Å². The van der Waals surface area contributed by atoms with Crippen LogP contribution in [0.25, 0.3) is 22.0 Å². The highest BCUT2D eigenvalue weighted by Crippen LogP contribution is 2.38. The molecule has 1 aliphatic carbocycles. The van der Waals surface area contributed by atoms with E-state index in [0.717, 1.165) is 71.4 Å². The zero-order valence-electron chi connectivity index (χ0n) is 21.7. The number of hydrogen-bond acceptors (Lipinski definition) is 4. The van der Waals surface area contributed by atoms with E-state index in [9.17, 15) is 9.90 Å². The van der Waals surface area contributed by atoms with Crippen molar-refractivity contribution in [2.24, 2.45) is 0 Å². The number of ether oxygens (including phenoxy) is 2. The van der Waals surface area contributed by atoms with Crippen molar-refractivity contribution in [3.63, 3.8) is 0 Å². The third kappa shape index (κ3) is 4.76. The van der Waals surface area contributed by atoms with Gasteiger partial charge in [-0.2, -0.15) is 0 Å². The van der Waals surface area contributed by atoms with Crippen molar-refractivity contribution in [3.05, 3.63) is 83.0 Å². The number of fused-ring (bicyclic) bond motifs is 2. The minimum absolute atomic E-state index is 0.272. The van der Waals surface area contributed by atoms with Crippen LogP contribution in [0.2, 0.25) is 0 Å². The molecule has 4 aromatic rings. The van der Waals surface area contributed by atoms with Crippen LogP contribution in [0.3, 0.4) is 0 Å². The molecule has 2 aliphatic rings. The van der Waals surface area contributed by atoms with Gasteiger partial charge in [0, 0.05) is 35.3 Å². The molecule has 0 radical (unpaired) electrons. The fraction of sp³-hybridized carbons (Fsp3) is 0.344. The van der Waals surface area contributed by atoms with Gasteiger partial charge in [0.05, 0.1) is 25.3 Å². The summed E-state index contributed by atoms with van der Waals surface area (Å²) in [6.45, 7) is 3.66. The lowest BCUT2D eigenvalue weighted by atomic mass is 9.91. The molecular formula is C32H34N2O4. The Hall–Kier alpha value is -3.77. The Labute approximate surface area is 223 Å². The van der Waals surface area contributed by atoms with E-state index >= 15 is 0 Å². The van der Waals surface area contributed by atoms with Gasteiger partial charge in [-0.1, -0.05) is 48.5 Å². The van der Waals surface area contributed by atoms with Crippen LogP contribution in [0.4, 0.5) is 5.69 Å². The molecule has 6 nitrogen and oxygen atoms in total. The normalized spacial score (nSPS) is 15.4. The zero-order valence-corrected chi connectivity index (χ0v) is 21.7. The van der Waals surface area contributed by atoms with Gasteiger partial charge in [-0.3, -0.25) is 0 Å². The van der Waals surface area contributed by atoms with Gasteiger partial charge >= 0.3 is 5.97 Å². The molecule has 2 heterocycles. The Balaban J connectivity index is 1.27.